The highest BCUT2D eigenvalue weighted by molar-refractivity contribution is 6.08. The number of hydrogen-bond donors (Lipinski definition) is 0. The summed E-state index contributed by atoms with van der Waals surface area (Å²) in [7, 11) is 0. The molecule has 2 aliphatic rings. The fourth-order valence-corrected chi connectivity index (χ4v) is 4.63. The molecule has 160 valence electrons. The molecular formula is C24H23FN2O4. The molecule has 31 heavy (non-hydrogen) atoms. The first-order valence-corrected chi connectivity index (χ1v) is 10.2. The Kier molecular flexibility index (Phi) is 5.00. The average molecular weight is 422 g/mol. The summed E-state index contributed by atoms with van der Waals surface area (Å²) in [6.07, 6.45) is 0.873. The summed E-state index contributed by atoms with van der Waals surface area (Å²) < 4.78 is 13.5. The third-order valence-electron chi connectivity index (χ3n) is 6.06. The second-order valence-electron chi connectivity index (χ2n) is 9.07. The fourth-order valence-electron chi connectivity index (χ4n) is 4.63. The maximum absolute atomic E-state index is 13.5. The molecule has 4 rings (SSSR count). The van der Waals surface area contributed by atoms with Gasteiger partial charge in [0.25, 0.3) is 5.69 Å². The molecule has 1 atom stereocenters. The molecule has 2 aromatic carbocycles. The predicted octanol–water partition coefficient (Wildman–Crippen LogP) is 5.21. The van der Waals surface area contributed by atoms with Crippen LogP contribution in [0.15, 0.2) is 53.7 Å². The minimum atomic E-state index is -0.496. The van der Waals surface area contributed by atoms with Crippen LogP contribution in [0.25, 0.3) is 0 Å². The molecule has 1 aliphatic carbocycles. The second kappa shape index (κ2) is 7.41. The third kappa shape index (κ3) is 3.76. The summed E-state index contributed by atoms with van der Waals surface area (Å²) in [5, 5.41) is 11.3. The lowest BCUT2D eigenvalue weighted by atomic mass is 9.69. The number of carbonyl (C=O) groups is 2. The zero-order valence-electron chi connectivity index (χ0n) is 17.6. The quantitative estimate of drug-likeness (QED) is 0.503. The minimum Gasteiger partial charge on any atom is -0.294 e. The van der Waals surface area contributed by atoms with Crippen molar-refractivity contribution in [3.05, 3.63) is 80.8 Å². The largest absolute Gasteiger partial charge is 0.294 e. The number of benzene rings is 2. The molecule has 1 unspecified atom stereocenters. The molecule has 0 N–H and O–H groups in total. The number of amides is 1. The summed E-state index contributed by atoms with van der Waals surface area (Å²) in [6.45, 7) is 5.73. The van der Waals surface area contributed by atoms with Crippen molar-refractivity contribution >= 4 is 23.1 Å². The zero-order valence-corrected chi connectivity index (χ0v) is 17.6. The van der Waals surface area contributed by atoms with Crippen molar-refractivity contribution in [3.63, 3.8) is 0 Å². The van der Waals surface area contributed by atoms with Crippen LogP contribution in [0.2, 0.25) is 0 Å². The van der Waals surface area contributed by atoms with Gasteiger partial charge in [0.1, 0.15) is 5.82 Å². The van der Waals surface area contributed by atoms with E-state index in [0.717, 1.165) is 0 Å². The molecule has 0 aromatic heterocycles. The Balaban J connectivity index is 1.93. The van der Waals surface area contributed by atoms with Crippen LogP contribution in [-0.4, -0.2) is 16.6 Å². The van der Waals surface area contributed by atoms with Gasteiger partial charge in [-0.2, -0.15) is 0 Å². The molecule has 0 bridgehead atoms. The molecule has 7 heteroatoms. The van der Waals surface area contributed by atoms with E-state index < -0.39 is 10.8 Å². The van der Waals surface area contributed by atoms with Crippen molar-refractivity contribution in [1.29, 1.82) is 0 Å². The standard InChI is InChI=1S/C24H23FN2O4/c1-14-4-9-17(27(30)31)10-19(14)26-20-12-24(2,3)13-21(28)23(20)18(11-22(26)29)15-5-7-16(25)8-6-15/h4-10,18H,11-13H2,1-3H3. The highest BCUT2D eigenvalue weighted by atomic mass is 19.1. The van der Waals surface area contributed by atoms with Crippen molar-refractivity contribution < 1.29 is 18.9 Å². The average Bonchev–Trinajstić information content (AvgIpc) is 2.67. The summed E-state index contributed by atoms with van der Waals surface area (Å²) in [5.74, 6) is -1.12. The number of nitrogens with zero attached hydrogens (tertiary/aromatic N) is 2. The minimum absolute atomic E-state index is 0.0404. The van der Waals surface area contributed by atoms with Crippen LogP contribution < -0.4 is 4.90 Å². The molecule has 1 heterocycles. The lowest BCUT2D eigenvalue weighted by molar-refractivity contribution is -0.384. The van der Waals surface area contributed by atoms with E-state index in [1.165, 1.54) is 29.2 Å². The van der Waals surface area contributed by atoms with Crippen LogP contribution in [0.4, 0.5) is 15.8 Å². The van der Waals surface area contributed by atoms with E-state index in [9.17, 15) is 24.1 Å². The lowest BCUT2D eigenvalue weighted by Crippen LogP contribution is -2.44. The van der Waals surface area contributed by atoms with Crippen molar-refractivity contribution in [2.45, 2.75) is 46.0 Å². The van der Waals surface area contributed by atoms with E-state index in [1.54, 1.807) is 25.1 Å². The molecule has 0 spiro atoms. The van der Waals surface area contributed by atoms with Gasteiger partial charge in [0.05, 0.1) is 10.6 Å². The molecular weight excluding hydrogens is 399 g/mol. The number of aryl methyl sites for hydroxylation is 1. The molecule has 0 saturated heterocycles. The maximum atomic E-state index is 13.5. The van der Waals surface area contributed by atoms with Gasteiger partial charge in [-0.3, -0.25) is 24.6 Å². The maximum Gasteiger partial charge on any atom is 0.271 e. The first-order valence-electron chi connectivity index (χ1n) is 10.2. The molecule has 1 aliphatic heterocycles. The van der Waals surface area contributed by atoms with Gasteiger partial charge in [0.2, 0.25) is 5.91 Å². The topological polar surface area (TPSA) is 80.5 Å². The van der Waals surface area contributed by atoms with E-state index in [1.807, 2.05) is 13.8 Å². The molecule has 0 fully saturated rings. The number of allylic oxidation sites excluding steroid dienone is 2. The monoisotopic (exact) mass is 422 g/mol. The van der Waals surface area contributed by atoms with E-state index in [2.05, 4.69) is 0 Å². The Morgan fingerprint density at radius 2 is 1.77 bits per heavy atom. The Bertz CT molecular complexity index is 1130. The van der Waals surface area contributed by atoms with Crippen molar-refractivity contribution in [2.24, 2.45) is 5.41 Å². The molecule has 0 saturated carbocycles. The van der Waals surface area contributed by atoms with Gasteiger partial charge in [-0.05, 0) is 42.0 Å². The smallest absolute Gasteiger partial charge is 0.271 e. The van der Waals surface area contributed by atoms with E-state index in [-0.39, 0.29) is 35.0 Å². The van der Waals surface area contributed by atoms with Crippen molar-refractivity contribution in [3.8, 4) is 0 Å². The Hall–Kier alpha value is -3.35. The number of carbonyl (C=O) groups excluding carboxylic acids is 2. The summed E-state index contributed by atoms with van der Waals surface area (Å²) in [6, 6.07) is 10.3. The zero-order chi connectivity index (χ0) is 22.5. The molecule has 0 radical (unpaired) electrons. The Labute approximate surface area is 179 Å². The highest BCUT2D eigenvalue weighted by Gasteiger charge is 2.44. The number of nitro benzene ring substituents is 1. The normalized spacial score (nSPS) is 20.6. The second-order valence-corrected chi connectivity index (χ2v) is 9.07. The number of halogens is 1. The van der Waals surface area contributed by atoms with Crippen LogP contribution in [0.5, 0.6) is 0 Å². The number of Topliss-reactive ketones (excluding diaryl/α,β-unsaturated/α-hetero) is 1. The number of nitro groups is 1. The number of anilines is 1. The number of rotatable bonds is 3. The summed E-state index contributed by atoms with van der Waals surface area (Å²) in [5.41, 5.74) is 2.53. The van der Waals surface area contributed by atoms with E-state index >= 15 is 0 Å². The number of hydrogen-bond acceptors (Lipinski definition) is 4. The van der Waals surface area contributed by atoms with Crippen LogP contribution in [0, 0.1) is 28.3 Å². The predicted molar refractivity (Wildman–Crippen MR) is 114 cm³/mol. The van der Waals surface area contributed by atoms with Crippen molar-refractivity contribution in [1.82, 2.24) is 0 Å². The van der Waals surface area contributed by atoms with Crippen LogP contribution >= 0.6 is 0 Å². The molecule has 2 aromatic rings. The highest BCUT2D eigenvalue weighted by Crippen LogP contribution is 2.48. The van der Waals surface area contributed by atoms with Gasteiger partial charge in [-0.1, -0.05) is 32.0 Å². The number of ketones is 1. The van der Waals surface area contributed by atoms with Gasteiger partial charge >= 0.3 is 0 Å². The van der Waals surface area contributed by atoms with Crippen LogP contribution in [0.3, 0.4) is 0 Å². The first kappa shape index (κ1) is 20.9. The third-order valence-corrected chi connectivity index (χ3v) is 6.06. The van der Waals surface area contributed by atoms with Crippen LogP contribution in [0.1, 0.15) is 50.2 Å². The fraction of sp³-hybridized carbons (Fsp3) is 0.333. The van der Waals surface area contributed by atoms with E-state index in [4.69, 9.17) is 0 Å². The summed E-state index contributed by atoms with van der Waals surface area (Å²) >= 11 is 0. The van der Waals surface area contributed by atoms with E-state index in [0.29, 0.717) is 40.9 Å². The van der Waals surface area contributed by atoms with Gasteiger partial charge in [0, 0.05) is 42.2 Å². The molecule has 1 amide bonds. The van der Waals surface area contributed by atoms with Gasteiger partial charge in [0.15, 0.2) is 5.78 Å². The number of non-ortho nitro benzene ring substituents is 1. The summed E-state index contributed by atoms with van der Waals surface area (Å²) in [4.78, 5) is 39.0. The SMILES string of the molecule is Cc1ccc([N+](=O)[O-])cc1N1C(=O)CC(c2ccc(F)cc2)C2=C1CC(C)(C)CC2=O. The van der Waals surface area contributed by atoms with Crippen molar-refractivity contribution in [2.75, 3.05) is 4.90 Å². The Morgan fingerprint density at radius 3 is 2.42 bits per heavy atom. The first-order chi connectivity index (χ1) is 14.6. The van der Waals surface area contributed by atoms with Gasteiger partial charge < -0.3 is 0 Å². The van der Waals surface area contributed by atoms with Crippen LogP contribution in [-0.2, 0) is 9.59 Å². The lowest BCUT2D eigenvalue weighted by Gasteiger charge is -2.43. The molecule has 6 nitrogen and oxygen atoms in total. The van der Waals surface area contributed by atoms with Gasteiger partial charge in [-0.25, -0.2) is 4.39 Å². The Morgan fingerprint density at radius 1 is 1.10 bits per heavy atom. The van der Waals surface area contributed by atoms with Gasteiger partial charge in [-0.15, -0.1) is 0 Å².